The first-order chi connectivity index (χ1) is 16.5. The summed E-state index contributed by atoms with van der Waals surface area (Å²) in [6.07, 6.45) is 3.16. The summed E-state index contributed by atoms with van der Waals surface area (Å²) in [7, 11) is 0. The van der Waals surface area contributed by atoms with E-state index in [1.807, 2.05) is 12.1 Å². The number of para-hydroxylation sites is 1. The van der Waals surface area contributed by atoms with Gasteiger partial charge in [0.05, 0.1) is 17.4 Å². The number of fused-ring (bicyclic) bond motifs is 1. The molecule has 1 heterocycles. The fraction of sp³-hybridized carbons (Fsp3) is 0.115. The van der Waals surface area contributed by atoms with E-state index in [2.05, 4.69) is 0 Å². The first-order valence-corrected chi connectivity index (χ1v) is 10.6. The maximum Gasteiger partial charge on any atom is 0.331 e. The molecule has 1 aromatic heterocycles. The number of aromatic nitrogens is 2. The third-order valence-corrected chi connectivity index (χ3v) is 5.53. The third kappa shape index (κ3) is 5.02. The van der Waals surface area contributed by atoms with Crippen LogP contribution in [0.4, 0.5) is 4.39 Å². The van der Waals surface area contributed by atoms with Crippen molar-refractivity contribution in [3.05, 3.63) is 122 Å². The Hall–Kier alpha value is -4.30. The molecular formula is C26H22FN3O4. The second kappa shape index (κ2) is 10.1. The lowest BCUT2D eigenvalue weighted by atomic mass is 10.1. The standard InChI is InChI=1S/C26H22FN3O4/c27-21-12-9-19(10-13-21)15-16-29-25(32)22-3-1-2-4-23(22)30(26(29)33)17-20-7-5-18(6-8-20)11-14-24(31)28-34/h1-14,34H,15-17H2,(H,28,31)/b14-11+. The van der Waals surface area contributed by atoms with Gasteiger partial charge in [0, 0.05) is 12.6 Å². The Morgan fingerprint density at radius 3 is 2.29 bits per heavy atom. The molecule has 172 valence electrons. The number of carbonyl (C=O) groups excluding carboxylic acids is 1. The van der Waals surface area contributed by atoms with Crippen LogP contribution in [0.25, 0.3) is 17.0 Å². The van der Waals surface area contributed by atoms with E-state index in [0.29, 0.717) is 17.3 Å². The number of rotatable bonds is 7. The molecule has 0 atom stereocenters. The lowest BCUT2D eigenvalue weighted by Crippen LogP contribution is -2.40. The predicted molar refractivity (Wildman–Crippen MR) is 127 cm³/mol. The largest absolute Gasteiger partial charge is 0.331 e. The van der Waals surface area contributed by atoms with Crippen LogP contribution >= 0.6 is 0 Å². The van der Waals surface area contributed by atoms with Gasteiger partial charge in [0.1, 0.15) is 5.82 Å². The van der Waals surface area contributed by atoms with Gasteiger partial charge in [0.2, 0.25) is 0 Å². The quantitative estimate of drug-likeness (QED) is 0.252. The summed E-state index contributed by atoms with van der Waals surface area (Å²) in [4.78, 5) is 37.5. The highest BCUT2D eigenvalue weighted by Crippen LogP contribution is 2.12. The van der Waals surface area contributed by atoms with Gasteiger partial charge in [0.25, 0.3) is 11.5 Å². The second-order valence-electron chi connectivity index (χ2n) is 7.77. The van der Waals surface area contributed by atoms with E-state index in [9.17, 15) is 18.8 Å². The van der Waals surface area contributed by atoms with E-state index in [0.717, 1.165) is 16.7 Å². The van der Waals surface area contributed by atoms with Gasteiger partial charge in [-0.15, -0.1) is 0 Å². The lowest BCUT2D eigenvalue weighted by Gasteiger charge is -2.14. The molecule has 1 amide bonds. The molecule has 34 heavy (non-hydrogen) atoms. The van der Waals surface area contributed by atoms with E-state index >= 15 is 0 Å². The molecule has 0 aliphatic rings. The average Bonchev–Trinajstić information content (AvgIpc) is 2.86. The molecular weight excluding hydrogens is 437 g/mol. The van der Waals surface area contributed by atoms with Crippen molar-refractivity contribution < 1.29 is 14.4 Å². The number of hydroxylamine groups is 1. The lowest BCUT2D eigenvalue weighted by molar-refractivity contribution is -0.124. The Labute approximate surface area is 194 Å². The zero-order valence-corrected chi connectivity index (χ0v) is 18.1. The van der Waals surface area contributed by atoms with Crippen LogP contribution in [0.3, 0.4) is 0 Å². The number of aryl methyl sites for hydroxylation is 1. The van der Waals surface area contributed by atoms with Crippen LogP contribution in [-0.4, -0.2) is 20.2 Å². The molecule has 0 unspecified atom stereocenters. The molecule has 2 N–H and O–H groups in total. The Morgan fingerprint density at radius 2 is 1.59 bits per heavy atom. The van der Waals surface area contributed by atoms with Gasteiger partial charge in [-0.25, -0.2) is 14.7 Å². The Balaban J connectivity index is 1.67. The van der Waals surface area contributed by atoms with Gasteiger partial charge in [-0.1, -0.05) is 48.5 Å². The molecule has 3 aromatic carbocycles. The molecule has 0 spiro atoms. The predicted octanol–water partition coefficient (Wildman–Crippen LogP) is 3.11. The summed E-state index contributed by atoms with van der Waals surface area (Å²) >= 11 is 0. The number of hydrogen-bond donors (Lipinski definition) is 2. The van der Waals surface area contributed by atoms with Gasteiger partial charge < -0.3 is 0 Å². The monoisotopic (exact) mass is 459 g/mol. The van der Waals surface area contributed by atoms with E-state index in [-0.39, 0.29) is 24.5 Å². The fourth-order valence-electron chi connectivity index (χ4n) is 3.74. The number of benzene rings is 3. The normalized spacial score (nSPS) is 11.2. The number of carbonyl (C=O) groups is 1. The van der Waals surface area contributed by atoms with Gasteiger partial charge in [-0.2, -0.15) is 0 Å². The molecule has 4 aromatic rings. The maximum absolute atomic E-state index is 13.3. The van der Waals surface area contributed by atoms with E-state index < -0.39 is 11.6 Å². The van der Waals surface area contributed by atoms with Gasteiger partial charge in [-0.3, -0.25) is 23.9 Å². The summed E-state index contributed by atoms with van der Waals surface area (Å²) in [5.74, 6) is -0.975. The first kappa shape index (κ1) is 22.9. The van der Waals surface area contributed by atoms with E-state index in [1.165, 1.54) is 28.3 Å². The van der Waals surface area contributed by atoms with Crippen molar-refractivity contribution in [2.24, 2.45) is 0 Å². The van der Waals surface area contributed by atoms with Gasteiger partial charge >= 0.3 is 5.69 Å². The minimum Gasteiger partial charge on any atom is -0.289 e. The Kier molecular flexibility index (Phi) is 6.79. The van der Waals surface area contributed by atoms with Crippen molar-refractivity contribution in [1.82, 2.24) is 14.6 Å². The Bertz CT molecular complexity index is 1470. The molecule has 8 heteroatoms. The van der Waals surface area contributed by atoms with Crippen LogP contribution in [0.15, 0.2) is 88.5 Å². The van der Waals surface area contributed by atoms with Crippen LogP contribution in [-0.2, 0) is 24.3 Å². The van der Waals surface area contributed by atoms with Crippen molar-refractivity contribution in [2.45, 2.75) is 19.5 Å². The molecule has 0 aliphatic carbocycles. The van der Waals surface area contributed by atoms with Crippen LogP contribution in [0.1, 0.15) is 16.7 Å². The molecule has 0 aliphatic heterocycles. The summed E-state index contributed by atoms with van der Waals surface area (Å²) in [6, 6.07) is 20.2. The number of nitrogens with one attached hydrogen (secondary N) is 1. The molecule has 7 nitrogen and oxygen atoms in total. The zero-order valence-electron chi connectivity index (χ0n) is 18.1. The third-order valence-electron chi connectivity index (χ3n) is 5.53. The highest BCUT2D eigenvalue weighted by Gasteiger charge is 2.13. The van der Waals surface area contributed by atoms with Crippen molar-refractivity contribution in [2.75, 3.05) is 0 Å². The number of amides is 1. The van der Waals surface area contributed by atoms with E-state index in [4.69, 9.17) is 5.21 Å². The molecule has 0 radical (unpaired) electrons. The van der Waals surface area contributed by atoms with Crippen LogP contribution in [0, 0.1) is 5.82 Å². The summed E-state index contributed by atoms with van der Waals surface area (Å²) in [6.45, 7) is 0.419. The SMILES string of the molecule is O=C(/C=C/c1ccc(Cn2c(=O)n(CCc3ccc(F)cc3)c(=O)c3ccccc32)cc1)NO. The topological polar surface area (TPSA) is 93.3 Å². The van der Waals surface area contributed by atoms with Crippen LogP contribution < -0.4 is 16.7 Å². The second-order valence-corrected chi connectivity index (χ2v) is 7.77. The fourth-order valence-corrected chi connectivity index (χ4v) is 3.74. The van der Waals surface area contributed by atoms with Crippen molar-refractivity contribution in [3.8, 4) is 0 Å². The smallest absolute Gasteiger partial charge is 0.289 e. The molecule has 4 rings (SSSR count). The zero-order chi connectivity index (χ0) is 24.1. The van der Waals surface area contributed by atoms with Crippen molar-refractivity contribution in [3.63, 3.8) is 0 Å². The van der Waals surface area contributed by atoms with Crippen LogP contribution in [0.5, 0.6) is 0 Å². The van der Waals surface area contributed by atoms with Crippen molar-refractivity contribution in [1.29, 1.82) is 0 Å². The average molecular weight is 459 g/mol. The van der Waals surface area contributed by atoms with Crippen molar-refractivity contribution >= 4 is 22.9 Å². The molecule has 0 fully saturated rings. The van der Waals surface area contributed by atoms with Gasteiger partial charge in [0.15, 0.2) is 0 Å². The number of nitrogens with zero attached hydrogens (tertiary/aromatic N) is 2. The highest BCUT2D eigenvalue weighted by atomic mass is 19.1. The number of hydrogen-bond acceptors (Lipinski definition) is 4. The van der Waals surface area contributed by atoms with Gasteiger partial charge in [-0.05, 0) is 53.5 Å². The minimum atomic E-state index is -0.634. The Morgan fingerprint density at radius 1 is 0.912 bits per heavy atom. The van der Waals surface area contributed by atoms with E-state index in [1.54, 1.807) is 59.2 Å². The molecule has 0 saturated heterocycles. The molecule has 0 bridgehead atoms. The summed E-state index contributed by atoms with van der Waals surface area (Å²) < 4.78 is 16.0. The highest BCUT2D eigenvalue weighted by molar-refractivity contribution is 5.90. The first-order valence-electron chi connectivity index (χ1n) is 10.6. The summed E-state index contributed by atoms with van der Waals surface area (Å²) in [5.41, 5.74) is 3.69. The van der Waals surface area contributed by atoms with Crippen LogP contribution in [0.2, 0.25) is 0 Å². The summed E-state index contributed by atoms with van der Waals surface area (Å²) in [5, 5.41) is 9.01. The minimum absolute atomic E-state index is 0.171. The maximum atomic E-state index is 13.3. The molecule has 0 saturated carbocycles. The number of halogens is 1.